The number of sulfonamides is 1. The smallest absolute Gasteiger partial charge is 0.335 e. The molecule has 0 fully saturated rings. The van der Waals surface area contributed by atoms with E-state index < -0.39 is 16.0 Å². The van der Waals surface area contributed by atoms with Gasteiger partial charge in [-0.15, -0.1) is 0 Å². The van der Waals surface area contributed by atoms with Crippen LogP contribution in [0.4, 0.5) is 0 Å². The van der Waals surface area contributed by atoms with Gasteiger partial charge in [0, 0.05) is 20.0 Å². The summed E-state index contributed by atoms with van der Waals surface area (Å²) in [7, 11) is -2.43. The Morgan fingerprint density at radius 1 is 1.40 bits per heavy atom. The third-order valence-electron chi connectivity index (χ3n) is 3.09. The first-order valence-corrected chi connectivity index (χ1v) is 7.33. The van der Waals surface area contributed by atoms with Crippen LogP contribution in [-0.2, 0) is 10.0 Å². The van der Waals surface area contributed by atoms with Crippen molar-refractivity contribution in [1.82, 2.24) is 4.31 Å². The summed E-state index contributed by atoms with van der Waals surface area (Å²) in [6, 6.07) is 4.47. The summed E-state index contributed by atoms with van der Waals surface area (Å²) in [4.78, 5) is 11.0. The zero-order chi connectivity index (χ0) is 15.5. The summed E-state index contributed by atoms with van der Waals surface area (Å²) in [5, 5.41) is 17.5. The predicted octanol–water partition coefficient (Wildman–Crippen LogP) is 1.54. The van der Waals surface area contributed by atoms with Crippen molar-refractivity contribution in [3.05, 3.63) is 28.8 Å². The van der Waals surface area contributed by atoms with Gasteiger partial charge in [0.1, 0.15) is 0 Å². The highest BCUT2D eigenvalue weighted by atomic mass is 32.2. The van der Waals surface area contributed by atoms with Crippen LogP contribution in [0.5, 0.6) is 0 Å². The van der Waals surface area contributed by atoms with E-state index in [1.165, 1.54) is 13.1 Å². The summed E-state index contributed by atoms with van der Waals surface area (Å²) in [6.45, 7) is 3.36. The van der Waals surface area contributed by atoms with Gasteiger partial charge in [-0.1, -0.05) is 0 Å². The molecule has 0 aliphatic heterocycles. The lowest BCUT2D eigenvalue weighted by Gasteiger charge is -2.18. The molecule has 108 valence electrons. The first-order valence-electron chi connectivity index (χ1n) is 5.89. The number of nitrogens with zero attached hydrogens (tertiary/aromatic N) is 2. The van der Waals surface area contributed by atoms with E-state index in [2.05, 4.69) is 0 Å². The molecule has 0 saturated carbocycles. The second kappa shape index (κ2) is 6.03. The maximum absolute atomic E-state index is 12.4. The van der Waals surface area contributed by atoms with Crippen molar-refractivity contribution in [2.45, 2.75) is 25.2 Å². The van der Waals surface area contributed by atoms with Gasteiger partial charge in [0.25, 0.3) is 0 Å². The minimum Gasteiger partial charge on any atom is -0.478 e. The molecule has 0 aliphatic carbocycles. The van der Waals surface area contributed by atoms with Gasteiger partial charge in [0.2, 0.25) is 10.0 Å². The highest BCUT2D eigenvalue weighted by molar-refractivity contribution is 7.89. The maximum Gasteiger partial charge on any atom is 0.335 e. The Morgan fingerprint density at radius 2 is 2.00 bits per heavy atom. The van der Waals surface area contributed by atoms with Crippen molar-refractivity contribution in [1.29, 1.82) is 5.26 Å². The molecule has 0 saturated heterocycles. The Labute approximate surface area is 118 Å². The third-order valence-corrected chi connectivity index (χ3v) is 5.08. The molecule has 0 spiro atoms. The largest absolute Gasteiger partial charge is 0.478 e. The van der Waals surface area contributed by atoms with Gasteiger partial charge in [-0.05, 0) is 37.1 Å². The maximum atomic E-state index is 12.4. The van der Waals surface area contributed by atoms with Crippen LogP contribution in [-0.4, -0.2) is 37.4 Å². The second-order valence-electron chi connectivity index (χ2n) is 4.46. The van der Waals surface area contributed by atoms with Crippen LogP contribution < -0.4 is 0 Å². The number of carboxylic acid groups (broad SMARTS) is 1. The van der Waals surface area contributed by atoms with Crippen LogP contribution in [0.25, 0.3) is 0 Å². The molecule has 6 nitrogen and oxygen atoms in total. The first-order chi connectivity index (χ1) is 9.21. The van der Waals surface area contributed by atoms with Gasteiger partial charge < -0.3 is 5.11 Å². The molecule has 0 atom stereocenters. The molecule has 0 bridgehead atoms. The normalized spacial score (nSPS) is 11.3. The summed E-state index contributed by atoms with van der Waals surface area (Å²) in [5.41, 5.74) is 1.04. The van der Waals surface area contributed by atoms with Gasteiger partial charge in [-0.3, -0.25) is 0 Å². The SMILES string of the molecule is Cc1cc(C(=O)O)cc(S(=O)(=O)N(C)CCC#N)c1C. The zero-order valence-corrected chi connectivity index (χ0v) is 12.4. The molecular formula is C13H16N2O4S. The number of aromatic carboxylic acids is 1. The third kappa shape index (κ3) is 3.15. The number of hydrogen-bond donors (Lipinski definition) is 1. The number of carbonyl (C=O) groups is 1. The van der Waals surface area contributed by atoms with Crippen LogP contribution >= 0.6 is 0 Å². The average molecular weight is 296 g/mol. The van der Waals surface area contributed by atoms with E-state index in [1.807, 2.05) is 6.07 Å². The number of aryl methyl sites for hydroxylation is 1. The molecule has 0 heterocycles. The van der Waals surface area contributed by atoms with E-state index in [0.717, 1.165) is 10.4 Å². The van der Waals surface area contributed by atoms with Crippen LogP contribution in [0, 0.1) is 25.2 Å². The summed E-state index contributed by atoms with van der Waals surface area (Å²) in [5.74, 6) is -1.18. The molecule has 1 rings (SSSR count). The van der Waals surface area contributed by atoms with Gasteiger partial charge in [-0.25, -0.2) is 13.2 Å². The predicted molar refractivity (Wildman–Crippen MR) is 72.9 cm³/mol. The molecule has 0 aromatic heterocycles. The number of hydrogen-bond acceptors (Lipinski definition) is 4. The lowest BCUT2D eigenvalue weighted by molar-refractivity contribution is 0.0696. The minimum absolute atomic E-state index is 0.0321. The van der Waals surface area contributed by atoms with Gasteiger partial charge in [0.15, 0.2) is 0 Å². The van der Waals surface area contributed by atoms with Crippen molar-refractivity contribution in [3.8, 4) is 6.07 Å². The van der Waals surface area contributed by atoms with E-state index in [4.69, 9.17) is 10.4 Å². The molecule has 20 heavy (non-hydrogen) atoms. The Hall–Kier alpha value is -1.91. The van der Waals surface area contributed by atoms with E-state index in [0.29, 0.717) is 11.1 Å². The fraction of sp³-hybridized carbons (Fsp3) is 0.385. The van der Waals surface area contributed by atoms with Gasteiger partial charge in [0.05, 0.1) is 16.5 Å². The molecular weight excluding hydrogens is 280 g/mol. The van der Waals surface area contributed by atoms with Gasteiger partial charge >= 0.3 is 5.97 Å². The molecule has 0 amide bonds. The molecule has 1 N–H and O–H groups in total. The summed E-state index contributed by atoms with van der Waals surface area (Å²) in [6.07, 6.45) is 0.0758. The monoisotopic (exact) mass is 296 g/mol. The van der Waals surface area contributed by atoms with Gasteiger partial charge in [-0.2, -0.15) is 9.57 Å². The van der Waals surface area contributed by atoms with Crippen molar-refractivity contribution in [2.24, 2.45) is 0 Å². The highest BCUT2D eigenvalue weighted by Crippen LogP contribution is 2.24. The quantitative estimate of drug-likeness (QED) is 0.888. The van der Waals surface area contributed by atoms with Crippen molar-refractivity contribution >= 4 is 16.0 Å². The second-order valence-corrected chi connectivity index (χ2v) is 6.47. The van der Waals surface area contributed by atoms with Crippen molar-refractivity contribution < 1.29 is 18.3 Å². The minimum atomic E-state index is -3.80. The number of rotatable bonds is 5. The van der Waals surface area contributed by atoms with Crippen molar-refractivity contribution in [2.75, 3.05) is 13.6 Å². The first kappa shape index (κ1) is 16.1. The molecule has 0 unspecified atom stereocenters. The van der Waals surface area contributed by atoms with Crippen LogP contribution in [0.1, 0.15) is 27.9 Å². The Morgan fingerprint density at radius 3 is 2.50 bits per heavy atom. The van der Waals surface area contributed by atoms with E-state index in [9.17, 15) is 13.2 Å². The van der Waals surface area contributed by atoms with Crippen LogP contribution in [0.3, 0.4) is 0 Å². The molecule has 0 radical (unpaired) electrons. The standard InChI is InChI=1S/C13H16N2O4S/c1-9-7-11(13(16)17)8-12(10(9)2)20(18,19)15(3)6-4-5-14/h7-8H,4,6H2,1-3H3,(H,16,17). The van der Waals surface area contributed by atoms with E-state index in [1.54, 1.807) is 13.8 Å². The van der Waals surface area contributed by atoms with Crippen LogP contribution in [0.2, 0.25) is 0 Å². The van der Waals surface area contributed by atoms with E-state index in [-0.39, 0.29) is 23.4 Å². The van der Waals surface area contributed by atoms with Crippen molar-refractivity contribution in [3.63, 3.8) is 0 Å². The molecule has 0 aliphatic rings. The molecule has 7 heteroatoms. The molecule has 1 aromatic rings. The number of benzene rings is 1. The number of carboxylic acids is 1. The topological polar surface area (TPSA) is 98.5 Å². The fourth-order valence-electron chi connectivity index (χ4n) is 1.71. The lowest BCUT2D eigenvalue weighted by Crippen LogP contribution is -2.28. The lowest BCUT2D eigenvalue weighted by atomic mass is 10.1. The van der Waals surface area contributed by atoms with Crippen LogP contribution in [0.15, 0.2) is 17.0 Å². The average Bonchev–Trinajstić information content (AvgIpc) is 2.38. The Kier molecular flexibility index (Phi) is 4.87. The Balaban J connectivity index is 3.38. The Bertz CT molecular complexity index is 674. The van der Waals surface area contributed by atoms with E-state index >= 15 is 0 Å². The summed E-state index contributed by atoms with van der Waals surface area (Å²) < 4.78 is 25.9. The summed E-state index contributed by atoms with van der Waals surface area (Å²) >= 11 is 0. The number of nitriles is 1. The fourth-order valence-corrected chi connectivity index (χ4v) is 3.21. The molecule has 1 aromatic carbocycles. The highest BCUT2D eigenvalue weighted by Gasteiger charge is 2.24. The zero-order valence-electron chi connectivity index (χ0n) is 11.5.